The number of likely N-dealkylation sites (N-methyl/N-ethyl adjacent to an activating group) is 1. The largest absolute Gasteiger partial charge is 0.481 e. The molecule has 1 aliphatic rings. The summed E-state index contributed by atoms with van der Waals surface area (Å²) in [5.74, 6) is -5.81. The van der Waals surface area contributed by atoms with Crippen LogP contribution in [0.4, 0.5) is 4.79 Å². The minimum atomic E-state index is -1.69. The van der Waals surface area contributed by atoms with E-state index in [9.17, 15) is 39.0 Å². The number of urea groups is 1. The molecular formula is C39H38N6O8. The summed E-state index contributed by atoms with van der Waals surface area (Å²) in [7, 11) is 1.14. The molecule has 272 valence electrons. The maximum Gasteiger partial charge on any atom is 0.330 e. The molecule has 5 rings (SSSR count). The van der Waals surface area contributed by atoms with E-state index in [0.717, 1.165) is 28.0 Å². The van der Waals surface area contributed by atoms with E-state index in [1.807, 2.05) is 54.6 Å². The second kappa shape index (κ2) is 15.6. The fraction of sp³-hybridized carbons (Fsp3) is 0.205. The van der Waals surface area contributed by atoms with Crippen LogP contribution in [0.5, 0.6) is 0 Å². The standard InChI is InChI=1S/C39H38N6O8/c1-39(29-19-17-28(18-20-29)34(40)41)37(52)44(38(53)45(39)22-24-13-15-26(16-14-24)25-9-5-3-6-10-25)23-31(46)43(2)30(21-32(47)48)35(49)42-33(36(50)51)27-11-7-4-8-12-27/h3-20,30,33H,21-23H2,1-2H3,(H3,40,41)(H,42,49)(H,47,48)(H,50,51). The predicted molar refractivity (Wildman–Crippen MR) is 193 cm³/mol. The van der Waals surface area contributed by atoms with Gasteiger partial charge in [0, 0.05) is 19.2 Å². The molecule has 14 heteroatoms. The van der Waals surface area contributed by atoms with Crippen LogP contribution in [0.2, 0.25) is 0 Å². The molecule has 0 aromatic heterocycles. The molecule has 1 heterocycles. The van der Waals surface area contributed by atoms with Gasteiger partial charge in [0.15, 0.2) is 6.04 Å². The van der Waals surface area contributed by atoms with E-state index < -0.39 is 66.3 Å². The number of carboxylic acids is 2. The van der Waals surface area contributed by atoms with E-state index in [-0.39, 0.29) is 17.9 Å². The van der Waals surface area contributed by atoms with Gasteiger partial charge in [0.1, 0.15) is 24.0 Å². The first-order valence-corrected chi connectivity index (χ1v) is 16.5. The lowest BCUT2D eigenvalue weighted by atomic mass is 9.89. The number of carbonyl (C=O) groups excluding carboxylic acids is 4. The summed E-state index contributed by atoms with van der Waals surface area (Å²) in [6.07, 6.45) is -0.886. The van der Waals surface area contributed by atoms with Crippen molar-refractivity contribution in [1.29, 1.82) is 5.41 Å². The van der Waals surface area contributed by atoms with Crippen LogP contribution in [-0.4, -0.2) is 86.1 Å². The number of aliphatic carboxylic acids is 2. The Balaban J connectivity index is 1.43. The predicted octanol–water partition coefficient (Wildman–Crippen LogP) is 3.56. The summed E-state index contributed by atoms with van der Waals surface area (Å²) in [6.45, 7) is 0.660. The van der Waals surface area contributed by atoms with Crippen molar-refractivity contribution in [3.8, 4) is 11.1 Å². The maximum absolute atomic E-state index is 14.3. The number of nitrogen functional groups attached to an aromatic ring is 1. The van der Waals surface area contributed by atoms with Gasteiger partial charge in [-0.1, -0.05) is 109 Å². The smallest absolute Gasteiger partial charge is 0.330 e. The molecule has 1 aliphatic heterocycles. The van der Waals surface area contributed by atoms with Gasteiger partial charge in [-0.15, -0.1) is 0 Å². The lowest BCUT2D eigenvalue weighted by Gasteiger charge is -2.32. The Morgan fingerprint density at radius 1 is 0.849 bits per heavy atom. The molecular weight excluding hydrogens is 680 g/mol. The normalized spacial score (nSPS) is 16.5. The number of carboxylic acid groups (broad SMARTS) is 2. The Labute approximate surface area is 304 Å². The van der Waals surface area contributed by atoms with Crippen molar-refractivity contribution in [2.75, 3.05) is 13.6 Å². The number of nitrogens with two attached hydrogens (primary N) is 1. The summed E-state index contributed by atoms with van der Waals surface area (Å²) in [5, 5.41) is 29.5. The number of hydrogen-bond donors (Lipinski definition) is 5. The second-order valence-electron chi connectivity index (χ2n) is 12.7. The van der Waals surface area contributed by atoms with Crippen LogP contribution in [-0.2, 0) is 36.1 Å². The van der Waals surface area contributed by atoms with E-state index in [4.69, 9.17) is 11.1 Å². The van der Waals surface area contributed by atoms with Crippen molar-refractivity contribution in [2.45, 2.75) is 37.5 Å². The molecule has 3 atom stereocenters. The van der Waals surface area contributed by atoms with Crippen molar-refractivity contribution in [2.24, 2.45) is 5.73 Å². The molecule has 0 bridgehead atoms. The zero-order valence-electron chi connectivity index (χ0n) is 28.9. The van der Waals surface area contributed by atoms with Gasteiger partial charge in [-0.05, 0) is 34.7 Å². The summed E-state index contributed by atoms with van der Waals surface area (Å²) >= 11 is 0. The summed E-state index contributed by atoms with van der Waals surface area (Å²) in [6, 6.07) is 27.0. The molecule has 1 saturated heterocycles. The minimum absolute atomic E-state index is 0.0365. The van der Waals surface area contributed by atoms with Crippen LogP contribution in [0.3, 0.4) is 0 Å². The van der Waals surface area contributed by atoms with Crippen molar-refractivity contribution < 1.29 is 39.0 Å². The molecule has 0 aliphatic carbocycles. The number of rotatable bonds is 14. The molecule has 4 aromatic carbocycles. The minimum Gasteiger partial charge on any atom is -0.481 e. The Morgan fingerprint density at radius 2 is 1.42 bits per heavy atom. The molecule has 0 radical (unpaired) electrons. The molecule has 4 aromatic rings. The molecule has 6 N–H and O–H groups in total. The zero-order chi connectivity index (χ0) is 38.4. The first kappa shape index (κ1) is 37.4. The average molecular weight is 719 g/mol. The Kier molecular flexibility index (Phi) is 11.0. The Hall–Kier alpha value is -6.83. The fourth-order valence-electron chi connectivity index (χ4n) is 6.20. The summed E-state index contributed by atoms with van der Waals surface area (Å²) < 4.78 is 0. The van der Waals surface area contributed by atoms with E-state index in [1.165, 1.54) is 17.0 Å². The van der Waals surface area contributed by atoms with Gasteiger partial charge in [-0.25, -0.2) is 9.59 Å². The van der Waals surface area contributed by atoms with Gasteiger partial charge in [0.05, 0.1) is 6.42 Å². The molecule has 5 amide bonds. The highest BCUT2D eigenvalue weighted by Crippen LogP contribution is 2.39. The van der Waals surface area contributed by atoms with Gasteiger partial charge in [0.2, 0.25) is 11.8 Å². The highest BCUT2D eigenvalue weighted by atomic mass is 16.4. The molecule has 1 fully saturated rings. The first-order chi connectivity index (χ1) is 25.2. The van der Waals surface area contributed by atoms with Gasteiger partial charge in [0.25, 0.3) is 5.91 Å². The van der Waals surface area contributed by atoms with E-state index in [2.05, 4.69) is 5.32 Å². The number of nitrogens with zero attached hydrogens (tertiary/aromatic N) is 3. The van der Waals surface area contributed by atoms with Gasteiger partial charge < -0.3 is 31.1 Å². The fourth-order valence-corrected chi connectivity index (χ4v) is 6.20. The first-order valence-electron chi connectivity index (χ1n) is 16.5. The number of hydrogen-bond acceptors (Lipinski definition) is 7. The van der Waals surface area contributed by atoms with Crippen molar-refractivity contribution in [1.82, 2.24) is 20.0 Å². The molecule has 0 saturated carbocycles. The zero-order valence-corrected chi connectivity index (χ0v) is 28.9. The Bertz CT molecular complexity index is 2040. The number of nitrogens with one attached hydrogen (secondary N) is 2. The number of amidine groups is 1. The van der Waals surface area contributed by atoms with Crippen LogP contribution in [0.25, 0.3) is 11.1 Å². The quantitative estimate of drug-likeness (QED) is 0.0731. The summed E-state index contributed by atoms with van der Waals surface area (Å²) in [5.41, 5.74) is 7.62. The van der Waals surface area contributed by atoms with Gasteiger partial charge in [-0.3, -0.25) is 29.5 Å². The lowest BCUT2D eigenvalue weighted by molar-refractivity contribution is -0.148. The molecule has 14 nitrogen and oxygen atoms in total. The maximum atomic E-state index is 14.3. The average Bonchev–Trinajstić information content (AvgIpc) is 3.33. The van der Waals surface area contributed by atoms with E-state index in [0.29, 0.717) is 16.7 Å². The molecule has 53 heavy (non-hydrogen) atoms. The molecule has 0 spiro atoms. The number of benzene rings is 4. The van der Waals surface area contributed by atoms with E-state index >= 15 is 0 Å². The van der Waals surface area contributed by atoms with E-state index in [1.54, 1.807) is 49.4 Å². The molecule has 3 unspecified atom stereocenters. The van der Waals surface area contributed by atoms with Gasteiger partial charge in [-0.2, -0.15) is 0 Å². The monoisotopic (exact) mass is 718 g/mol. The van der Waals surface area contributed by atoms with Crippen LogP contribution >= 0.6 is 0 Å². The third-order valence-electron chi connectivity index (χ3n) is 9.31. The number of carbonyl (C=O) groups is 6. The van der Waals surface area contributed by atoms with Crippen LogP contribution in [0, 0.1) is 5.41 Å². The third-order valence-corrected chi connectivity index (χ3v) is 9.31. The Morgan fingerprint density at radius 3 is 1.96 bits per heavy atom. The van der Waals surface area contributed by atoms with Crippen LogP contribution in [0.1, 0.15) is 41.6 Å². The highest BCUT2D eigenvalue weighted by Gasteiger charge is 2.56. The third kappa shape index (κ3) is 7.91. The second-order valence-corrected chi connectivity index (χ2v) is 12.7. The van der Waals surface area contributed by atoms with Crippen molar-refractivity contribution in [3.63, 3.8) is 0 Å². The summed E-state index contributed by atoms with van der Waals surface area (Å²) in [4.78, 5) is 82.3. The van der Waals surface area contributed by atoms with Crippen molar-refractivity contribution in [3.05, 3.63) is 131 Å². The number of imide groups is 1. The topological polar surface area (TPSA) is 214 Å². The van der Waals surface area contributed by atoms with Crippen LogP contribution in [0.15, 0.2) is 109 Å². The number of amides is 5. The van der Waals surface area contributed by atoms with Gasteiger partial charge >= 0.3 is 18.0 Å². The highest BCUT2D eigenvalue weighted by molar-refractivity contribution is 6.09. The SMILES string of the molecule is CN(C(=O)CN1C(=O)N(Cc2ccc(-c3ccccc3)cc2)C(C)(c2ccc(C(=N)N)cc2)C1=O)C(CC(=O)O)C(=O)NC(C(=O)O)c1ccccc1. The van der Waals surface area contributed by atoms with Crippen LogP contribution < -0.4 is 11.1 Å². The lowest BCUT2D eigenvalue weighted by Crippen LogP contribution is -2.53. The van der Waals surface area contributed by atoms with Crippen molar-refractivity contribution >= 4 is 41.5 Å².